The van der Waals surface area contributed by atoms with Crippen LogP contribution in [0.5, 0.6) is 0 Å². The molecule has 1 aliphatic carbocycles. The summed E-state index contributed by atoms with van der Waals surface area (Å²) in [6.45, 7) is 1.58. The van der Waals surface area contributed by atoms with Gasteiger partial charge in [0.05, 0.1) is 29.5 Å². The van der Waals surface area contributed by atoms with Crippen LogP contribution in [0.15, 0.2) is 63.8 Å². The molecule has 2 aliphatic rings. The topological polar surface area (TPSA) is 63.9 Å². The van der Waals surface area contributed by atoms with E-state index in [1.807, 2.05) is 5.38 Å². The minimum atomic E-state index is -3.52. The fraction of sp³-hybridized carbons (Fsp3) is 0.318. The number of benzene rings is 2. The van der Waals surface area contributed by atoms with Gasteiger partial charge in [-0.25, -0.2) is 17.8 Å². The molecule has 5 rings (SSSR count). The third-order valence-electron chi connectivity index (χ3n) is 5.46. The van der Waals surface area contributed by atoms with Gasteiger partial charge in [0.1, 0.15) is 5.82 Å². The molecule has 0 unspecified atom stereocenters. The molecule has 2 heterocycles. The largest absolute Gasteiger partial charge is 0.379 e. The predicted octanol–water partition coefficient (Wildman–Crippen LogP) is 3.94. The summed E-state index contributed by atoms with van der Waals surface area (Å²) in [5.41, 5.74) is 2.68. The predicted molar refractivity (Wildman–Crippen MR) is 117 cm³/mol. The molecule has 0 bridgehead atoms. The van der Waals surface area contributed by atoms with E-state index < -0.39 is 10.0 Å². The summed E-state index contributed by atoms with van der Waals surface area (Å²) in [6.07, 6.45) is 2.18. The third kappa shape index (κ3) is 4.23. The molecule has 1 saturated heterocycles. The van der Waals surface area contributed by atoms with Crippen LogP contribution in [-0.2, 0) is 14.8 Å². The van der Waals surface area contributed by atoms with Gasteiger partial charge in [0, 0.05) is 24.5 Å². The standard InChI is InChI=1S/C22H22FN3O3S2/c23-17-3-1-16(2-4-17)21-15-30-22(26(21)19-7-8-19)24-18-5-9-20(10-6-18)31(27,28)25-11-13-29-14-12-25/h1-6,9-10,15,19H,7-8,11-14H2. The molecule has 31 heavy (non-hydrogen) atoms. The Labute approximate surface area is 184 Å². The maximum atomic E-state index is 13.3. The van der Waals surface area contributed by atoms with Crippen molar-refractivity contribution in [3.05, 3.63) is 64.5 Å². The Morgan fingerprint density at radius 3 is 2.32 bits per heavy atom. The van der Waals surface area contributed by atoms with Crippen LogP contribution in [-0.4, -0.2) is 43.6 Å². The van der Waals surface area contributed by atoms with E-state index in [0.29, 0.717) is 38.0 Å². The van der Waals surface area contributed by atoms with Gasteiger partial charge in [0.2, 0.25) is 10.0 Å². The summed E-state index contributed by atoms with van der Waals surface area (Å²) in [7, 11) is -3.52. The number of sulfonamides is 1. The molecule has 2 aromatic carbocycles. The van der Waals surface area contributed by atoms with Crippen molar-refractivity contribution in [2.45, 2.75) is 23.8 Å². The number of hydrogen-bond acceptors (Lipinski definition) is 5. The zero-order valence-corrected chi connectivity index (χ0v) is 18.4. The monoisotopic (exact) mass is 459 g/mol. The number of hydrogen-bond donors (Lipinski definition) is 0. The number of thiazole rings is 1. The first-order valence-electron chi connectivity index (χ1n) is 10.2. The molecule has 1 aromatic heterocycles. The van der Waals surface area contributed by atoms with E-state index in [4.69, 9.17) is 9.73 Å². The Morgan fingerprint density at radius 2 is 1.68 bits per heavy atom. The van der Waals surface area contributed by atoms with E-state index in [1.54, 1.807) is 36.4 Å². The van der Waals surface area contributed by atoms with Crippen molar-refractivity contribution in [3.63, 3.8) is 0 Å². The van der Waals surface area contributed by atoms with Crippen molar-refractivity contribution in [1.82, 2.24) is 8.87 Å². The number of aromatic nitrogens is 1. The van der Waals surface area contributed by atoms with Crippen molar-refractivity contribution < 1.29 is 17.5 Å². The van der Waals surface area contributed by atoms with Gasteiger partial charge in [-0.3, -0.25) is 0 Å². The lowest BCUT2D eigenvalue weighted by Crippen LogP contribution is -2.40. The molecular formula is C22H22FN3O3S2. The third-order valence-corrected chi connectivity index (χ3v) is 8.22. The normalized spacial score (nSPS) is 18.4. The van der Waals surface area contributed by atoms with Gasteiger partial charge >= 0.3 is 0 Å². The number of morpholine rings is 1. The minimum Gasteiger partial charge on any atom is -0.379 e. The zero-order chi connectivity index (χ0) is 21.4. The first kappa shape index (κ1) is 20.6. The molecule has 2 fully saturated rings. The maximum absolute atomic E-state index is 13.3. The fourth-order valence-electron chi connectivity index (χ4n) is 3.66. The van der Waals surface area contributed by atoms with Crippen LogP contribution in [0.1, 0.15) is 18.9 Å². The summed E-state index contributed by atoms with van der Waals surface area (Å²) in [4.78, 5) is 5.90. The Morgan fingerprint density at radius 1 is 1.00 bits per heavy atom. The molecule has 3 aromatic rings. The van der Waals surface area contributed by atoms with Crippen molar-refractivity contribution in [2.24, 2.45) is 4.99 Å². The van der Waals surface area contributed by atoms with Crippen LogP contribution in [0.4, 0.5) is 10.1 Å². The number of nitrogens with zero attached hydrogens (tertiary/aromatic N) is 3. The first-order valence-corrected chi connectivity index (χ1v) is 12.5. The highest BCUT2D eigenvalue weighted by Gasteiger charge is 2.28. The zero-order valence-electron chi connectivity index (χ0n) is 16.8. The highest BCUT2D eigenvalue weighted by molar-refractivity contribution is 7.89. The van der Waals surface area contributed by atoms with Crippen LogP contribution in [0, 0.1) is 5.82 Å². The van der Waals surface area contributed by atoms with Crippen molar-refractivity contribution >= 4 is 27.0 Å². The molecule has 0 atom stereocenters. The Hall–Kier alpha value is -2.33. The lowest BCUT2D eigenvalue weighted by atomic mass is 10.1. The van der Waals surface area contributed by atoms with Crippen LogP contribution >= 0.6 is 11.3 Å². The van der Waals surface area contributed by atoms with Crippen LogP contribution in [0.25, 0.3) is 11.3 Å². The molecule has 0 radical (unpaired) electrons. The van der Waals surface area contributed by atoms with Crippen LogP contribution < -0.4 is 4.80 Å². The van der Waals surface area contributed by atoms with E-state index in [0.717, 1.165) is 28.9 Å². The average Bonchev–Trinajstić information content (AvgIpc) is 3.55. The maximum Gasteiger partial charge on any atom is 0.243 e. The van der Waals surface area contributed by atoms with Gasteiger partial charge in [-0.2, -0.15) is 4.31 Å². The lowest BCUT2D eigenvalue weighted by molar-refractivity contribution is 0.0730. The molecule has 6 nitrogen and oxygen atoms in total. The smallest absolute Gasteiger partial charge is 0.243 e. The molecule has 162 valence electrons. The Kier molecular flexibility index (Phi) is 5.51. The molecule has 1 aliphatic heterocycles. The highest BCUT2D eigenvalue weighted by atomic mass is 32.2. The minimum absolute atomic E-state index is 0.256. The first-order chi connectivity index (χ1) is 15.0. The second-order valence-corrected chi connectivity index (χ2v) is 10.4. The average molecular weight is 460 g/mol. The molecule has 0 spiro atoms. The molecule has 0 N–H and O–H groups in total. The van der Waals surface area contributed by atoms with E-state index in [9.17, 15) is 12.8 Å². The van der Waals surface area contributed by atoms with Crippen LogP contribution in [0.2, 0.25) is 0 Å². The summed E-state index contributed by atoms with van der Waals surface area (Å²) < 4.78 is 47.8. The van der Waals surface area contributed by atoms with Gasteiger partial charge in [-0.15, -0.1) is 11.3 Å². The summed E-state index contributed by atoms with van der Waals surface area (Å²) >= 11 is 1.53. The van der Waals surface area contributed by atoms with Gasteiger partial charge in [-0.05, 0) is 66.9 Å². The summed E-state index contributed by atoms with van der Waals surface area (Å²) in [6, 6.07) is 13.6. The summed E-state index contributed by atoms with van der Waals surface area (Å²) in [5, 5.41) is 2.04. The van der Waals surface area contributed by atoms with E-state index in [1.165, 1.54) is 27.8 Å². The molecule has 1 saturated carbocycles. The van der Waals surface area contributed by atoms with Gasteiger partial charge < -0.3 is 9.30 Å². The number of rotatable bonds is 5. The molecule has 9 heteroatoms. The van der Waals surface area contributed by atoms with Crippen LogP contribution in [0.3, 0.4) is 0 Å². The Balaban J connectivity index is 1.46. The van der Waals surface area contributed by atoms with E-state index in [2.05, 4.69) is 4.57 Å². The highest BCUT2D eigenvalue weighted by Crippen LogP contribution is 2.38. The van der Waals surface area contributed by atoms with Gasteiger partial charge in [0.25, 0.3) is 0 Å². The van der Waals surface area contributed by atoms with Gasteiger partial charge in [0.15, 0.2) is 4.80 Å². The SMILES string of the molecule is O=S(=O)(c1ccc(N=c2scc(-c3ccc(F)cc3)n2C2CC2)cc1)N1CCOCC1. The fourth-order valence-corrected chi connectivity index (χ4v) is 6.05. The van der Waals surface area contributed by atoms with E-state index >= 15 is 0 Å². The number of ether oxygens (including phenoxy) is 1. The molecular weight excluding hydrogens is 437 g/mol. The second kappa shape index (κ2) is 8.31. The molecule has 0 amide bonds. The van der Waals surface area contributed by atoms with Crippen molar-refractivity contribution in [1.29, 1.82) is 0 Å². The number of halogens is 1. The van der Waals surface area contributed by atoms with Gasteiger partial charge in [-0.1, -0.05) is 0 Å². The van der Waals surface area contributed by atoms with Crippen molar-refractivity contribution in [2.75, 3.05) is 26.3 Å². The van der Waals surface area contributed by atoms with E-state index in [-0.39, 0.29) is 10.7 Å². The quantitative estimate of drug-likeness (QED) is 0.581. The summed E-state index contributed by atoms with van der Waals surface area (Å²) in [5.74, 6) is -0.256. The lowest BCUT2D eigenvalue weighted by Gasteiger charge is -2.26. The van der Waals surface area contributed by atoms with Crippen molar-refractivity contribution in [3.8, 4) is 11.3 Å². The second-order valence-electron chi connectivity index (χ2n) is 7.63. The Bertz CT molecular complexity index is 1240.